The second-order valence-electron chi connectivity index (χ2n) is 5.25. The second-order valence-corrected chi connectivity index (χ2v) is 6.48. The van der Waals surface area contributed by atoms with Crippen molar-refractivity contribution in [2.24, 2.45) is 5.92 Å². The Labute approximate surface area is 127 Å². The zero-order valence-electron chi connectivity index (χ0n) is 12.0. The van der Waals surface area contributed by atoms with Crippen molar-refractivity contribution in [3.05, 3.63) is 29.8 Å². The van der Waals surface area contributed by atoms with E-state index in [9.17, 15) is 13.2 Å². The van der Waals surface area contributed by atoms with E-state index in [4.69, 9.17) is 0 Å². The highest BCUT2D eigenvalue weighted by atomic mass is 32.2. The van der Waals surface area contributed by atoms with Crippen LogP contribution in [0.2, 0.25) is 0 Å². The molecule has 1 N–H and O–H groups in total. The molecule has 0 aromatic heterocycles. The summed E-state index contributed by atoms with van der Waals surface area (Å²) in [4.78, 5) is 0. The van der Waals surface area contributed by atoms with Gasteiger partial charge in [-0.25, -0.2) is 0 Å². The normalized spacial score (nSPS) is 18.5. The first-order valence-electron chi connectivity index (χ1n) is 7.08. The first kappa shape index (κ1) is 16.5. The van der Waals surface area contributed by atoms with Gasteiger partial charge >= 0.3 is 6.36 Å². The topological polar surface area (TPSA) is 21.3 Å². The maximum atomic E-state index is 12.3. The molecule has 1 aliphatic heterocycles. The number of ether oxygens (including phenoxy) is 1. The number of hydrogen-bond acceptors (Lipinski definition) is 3. The van der Waals surface area contributed by atoms with Crippen LogP contribution < -0.4 is 10.1 Å². The lowest BCUT2D eigenvalue weighted by Crippen LogP contribution is -2.22. The zero-order chi connectivity index (χ0) is 15.3. The molecular weight excluding hydrogens is 299 g/mol. The lowest BCUT2D eigenvalue weighted by atomic mass is 9.91. The molecule has 0 radical (unpaired) electrons. The molecular formula is C15H20F3NOS. The van der Waals surface area contributed by atoms with E-state index in [0.29, 0.717) is 5.92 Å². The molecule has 21 heavy (non-hydrogen) atoms. The predicted molar refractivity (Wildman–Crippen MR) is 79.6 cm³/mol. The van der Waals surface area contributed by atoms with Gasteiger partial charge in [0.2, 0.25) is 0 Å². The number of hydrogen-bond donors (Lipinski definition) is 1. The fourth-order valence-electron chi connectivity index (χ4n) is 2.66. The summed E-state index contributed by atoms with van der Waals surface area (Å²) in [7, 11) is 1.85. The van der Waals surface area contributed by atoms with Gasteiger partial charge in [-0.3, -0.25) is 0 Å². The van der Waals surface area contributed by atoms with Gasteiger partial charge in [0.1, 0.15) is 5.75 Å². The highest BCUT2D eigenvalue weighted by Gasteiger charge is 2.31. The molecule has 0 amide bonds. The minimum atomic E-state index is -4.64. The van der Waals surface area contributed by atoms with Gasteiger partial charge in [0, 0.05) is 6.04 Å². The van der Waals surface area contributed by atoms with Crippen LogP contribution in [0.4, 0.5) is 13.2 Å². The Bertz CT molecular complexity index is 447. The van der Waals surface area contributed by atoms with Crippen molar-refractivity contribution < 1.29 is 17.9 Å². The molecule has 1 unspecified atom stereocenters. The molecule has 2 rings (SSSR count). The van der Waals surface area contributed by atoms with Crippen molar-refractivity contribution in [2.75, 3.05) is 18.6 Å². The van der Waals surface area contributed by atoms with E-state index in [0.717, 1.165) is 12.0 Å². The second kappa shape index (κ2) is 7.40. The third kappa shape index (κ3) is 5.43. The molecule has 1 atom stereocenters. The summed E-state index contributed by atoms with van der Waals surface area (Å²) < 4.78 is 40.9. The van der Waals surface area contributed by atoms with Crippen LogP contribution in [0.3, 0.4) is 0 Å². The van der Waals surface area contributed by atoms with E-state index in [1.54, 1.807) is 6.07 Å². The Morgan fingerprint density at radius 2 is 2.05 bits per heavy atom. The van der Waals surface area contributed by atoms with E-state index in [-0.39, 0.29) is 11.8 Å². The first-order chi connectivity index (χ1) is 9.98. The van der Waals surface area contributed by atoms with Crippen LogP contribution in [-0.4, -0.2) is 24.9 Å². The van der Waals surface area contributed by atoms with Crippen LogP contribution >= 0.6 is 11.8 Å². The molecule has 0 bridgehead atoms. The van der Waals surface area contributed by atoms with Gasteiger partial charge in [-0.2, -0.15) is 11.8 Å². The molecule has 1 fully saturated rings. The van der Waals surface area contributed by atoms with E-state index < -0.39 is 6.36 Å². The Morgan fingerprint density at radius 3 is 2.67 bits per heavy atom. The van der Waals surface area contributed by atoms with Crippen LogP contribution in [0.15, 0.2) is 24.3 Å². The van der Waals surface area contributed by atoms with Crippen molar-refractivity contribution in [1.29, 1.82) is 0 Å². The fraction of sp³-hybridized carbons (Fsp3) is 0.600. The SMILES string of the molecule is CNC(CC1CCSCC1)c1cccc(OC(F)(F)F)c1. The molecule has 1 saturated heterocycles. The number of rotatable bonds is 5. The van der Waals surface area contributed by atoms with E-state index in [2.05, 4.69) is 10.1 Å². The summed E-state index contributed by atoms with van der Waals surface area (Å²) in [6, 6.07) is 6.34. The maximum absolute atomic E-state index is 12.3. The van der Waals surface area contributed by atoms with Gasteiger partial charge in [0.05, 0.1) is 0 Å². The van der Waals surface area contributed by atoms with Crippen molar-refractivity contribution in [1.82, 2.24) is 5.32 Å². The molecule has 1 aromatic carbocycles. The van der Waals surface area contributed by atoms with Crippen molar-refractivity contribution in [3.63, 3.8) is 0 Å². The van der Waals surface area contributed by atoms with Gasteiger partial charge in [-0.05, 0) is 61.4 Å². The van der Waals surface area contributed by atoms with Gasteiger partial charge in [-0.1, -0.05) is 12.1 Å². The van der Waals surface area contributed by atoms with Crippen molar-refractivity contribution in [2.45, 2.75) is 31.7 Å². The monoisotopic (exact) mass is 319 g/mol. The number of benzene rings is 1. The molecule has 1 aromatic rings. The number of alkyl halides is 3. The Balaban J connectivity index is 2.04. The molecule has 1 aliphatic rings. The summed E-state index contributed by atoms with van der Waals surface area (Å²) >= 11 is 1.97. The molecule has 0 saturated carbocycles. The largest absolute Gasteiger partial charge is 0.573 e. The molecule has 0 aliphatic carbocycles. The lowest BCUT2D eigenvalue weighted by Gasteiger charge is -2.26. The number of nitrogens with one attached hydrogen (secondary N) is 1. The minimum absolute atomic E-state index is 0.0647. The number of thioether (sulfide) groups is 1. The minimum Gasteiger partial charge on any atom is -0.406 e. The quantitative estimate of drug-likeness (QED) is 0.870. The van der Waals surface area contributed by atoms with E-state index >= 15 is 0 Å². The van der Waals surface area contributed by atoms with Crippen LogP contribution in [-0.2, 0) is 0 Å². The zero-order valence-corrected chi connectivity index (χ0v) is 12.8. The Kier molecular flexibility index (Phi) is 5.81. The van der Waals surface area contributed by atoms with Crippen LogP contribution in [0.5, 0.6) is 5.75 Å². The average molecular weight is 319 g/mol. The van der Waals surface area contributed by atoms with E-state index in [1.165, 1.54) is 36.5 Å². The van der Waals surface area contributed by atoms with Crippen molar-refractivity contribution >= 4 is 11.8 Å². The molecule has 118 valence electrons. The lowest BCUT2D eigenvalue weighted by molar-refractivity contribution is -0.274. The van der Waals surface area contributed by atoms with Gasteiger partial charge < -0.3 is 10.1 Å². The van der Waals surface area contributed by atoms with Crippen LogP contribution in [0, 0.1) is 5.92 Å². The summed E-state index contributed by atoms with van der Waals surface area (Å²) in [5.74, 6) is 2.84. The highest BCUT2D eigenvalue weighted by molar-refractivity contribution is 7.99. The van der Waals surface area contributed by atoms with Crippen LogP contribution in [0.25, 0.3) is 0 Å². The summed E-state index contributed by atoms with van der Waals surface area (Å²) in [5, 5.41) is 3.21. The van der Waals surface area contributed by atoms with Crippen molar-refractivity contribution in [3.8, 4) is 5.75 Å². The van der Waals surface area contributed by atoms with E-state index in [1.807, 2.05) is 24.9 Å². The average Bonchev–Trinajstić information content (AvgIpc) is 2.44. The molecule has 6 heteroatoms. The highest BCUT2D eigenvalue weighted by Crippen LogP contribution is 2.32. The fourth-order valence-corrected chi connectivity index (χ4v) is 3.87. The molecule has 2 nitrogen and oxygen atoms in total. The smallest absolute Gasteiger partial charge is 0.406 e. The Morgan fingerprint density at radius 1 is 1.33 bits per heavy atom. The van der Waals surface area contributed by atoms with Gasteiger partial charge in [0.25, 0.3) is 0 Å². The Hall–Kier alpha value is -0.880. The standard InChI is InChI=1S/C15H20F3NOS/c1-19-14(9-11-5-7-21-8-6-11)12-3-2-4-13(10-12)20-15(16,17)18/h2-4,10-11,14,19H,5-9H2,1H3. The van der Waals surface area contributed by atoms with Gasteiger partial charge in [0.15, 0.2) is 0 Å². The third-order valence-corrected chi connectivity index (χ3v) is 4.80. The van der Waals surface area contributed by atoms with Gasteiger partial charge in [-0.15, -0.1) is 13.2 Å². The molecule has 0 spiro atoms. The number of halogens is 3. The molecule has 1 heterocycles. The third-order valence-electron chi connectivity index (χ3n) is 3.75. The first-order valence-corrected chi connectivity index (χ1v) is 8.24. The summed E-state index contributed by atoms with van der Waals surface area (Å²) in [6.45, 7) is 0. The predicted octanol–water partition coefficient (Wildman–Crippen LogP) is 4.38. The maximum Gasteiger partial charge on any atom is 0.573 e. The summed E-state index contributed by atoms with van der Waals surface area (Å²) in [5.41, 5.74) is 0.845. The summed E-state index contributed by atoms with van der Waals surface area (Å²) in [6.07, 6.45) is -1.33. The van der Waals surface area contributed by atoms with Crippen LogP contribution in [0.1, 0.15) is 30.9 Å².